The largest absolute Gasteiger partial charge is 0.377 e. The van der Waals surface area contributed by atoms with Crippen LogP contribution in [0, 0.1) is 0 Å². The maximum Gasteiger partial charge on any atom is 0.282 e. The zero-order valence-electron chi connectivity index (χ0n) is 13.3. The highest BCUT2D eigenvalue weighted by Crippen LogP contribution is 2.16. The monoisotopic (exact) mass is 319 g/mol. The van der Waals surface area contributed by atoms with E-state index in [1.165, 1.54) is 17.1 Å². The molecule has 0 bridgehead atoms. The lowest BCUT2D eigenvalue weighted by Crippen LogP contribution is -2.54. The van der Waals surface area contributed by atoms with E-state index < -0.39 is 10.2 Å². The van der Waals surface area contributed by atoms with Crippen LogP contribution in [0.4, 0.5) is 0 Å². The van der Waals surface area contributed by atoms with Crippen LogP contribution < -0.4 is 0 Å². The molecule has 2 aliphatic heterocycles. The van der Waals surface area contributed by atoms with E-state index in [0.29, 0.717) is 32.3 Å². The molecular formula is C14H29N3O3S. The molecule has 2 fully saturated rings. The van der Waals surface area contributed by atoms with Gasteiger partial charge >= 0.3 is 0 Å². The molecule has 0 aromatic carbocycles. The third-order valence-corrected chi connectivity index (χ3v) is 6.61. The van der Waals surface area contributed by atoms with E-state index >= 15 is 0 Å². The summed E-state index contributed by atoms with van der Waals surface area (Å²) in [6, 6.07) is 0. The Morgan fingerprint density at radius 2 is 1.76 bits per heavy atom. The predicted octanol–water partition coefficient (Wildman–Crippen LogP) is 0.760. The van der Waals surface area contributed by atoms with Crippen molar-refractivity contribution in [1.29, 1.82) is 0 Å². The molecule has 0 amide bonds. The zero-order chi connectivity index (χ0) is 15.3. The van der Waals surface area contributed by atoms with E-state index in [1.54, 1.807) is 4.31 Å². The SMILES string of the molecule is CCN(CC)S(=O)(=O)N1CCN(CC2CCCCO2)CC1. The summed E-state index contributed by atoms with van der Waals surface area (Å²) in [6.45, 7) is 9.46. The molecule has 0 N–H and O–H groups in total. The summed E-state index contributed by atoms with van der Waals surface area (Å²) in [7, 11) is -3.27. The minimum absolute atomic E-state index is 0.338. The topological polar surface area (TPSA) is 53.1 Å². The standard InChI is InChI=1S/C14H29N3O3S/c1-3-16(4-2)21(18,19)17-10-8-15(9-11-17)13-14-7-5-6-12-20-14/h14H,3-13H2,1-2H3. The van der Waals surface area contributed by atoms with Gasteiger partial charge in [-0.2, -0.15) is 17.0 Å². The molecule has 2 aliphatic rings. The molecular weight excluding hydrogens is 290 g/mol. The smallest absolute Gasteiger partial charge is 0.282 e. The number of ether oxygens (including phenoxy) is 1. The number of piperazine rings is 1. The number of nitrogens with zero attached hydrogens (tertiary/aromatic N) is 3. The van der Waals surface area contributed by atoms with Crippen molar-refractivity contribution in [3.63, 3.8) is 0 Å². The minimum atomic E-state index is -3.27. The van der Waals surface area contributed by atoms with Gasteiger partial charge in [-0.3, -0.25) is 4.90 Å². The highest BCUT2D eigenvalue weighted by molar-refractivity contribution is 7.86. The van der Waals surface area contributed by atoms with Gasteiger partial charge in [0.2, 0.25) is 0 Å². The van der Waals surface area contributed by atoms with Crippen LogP contribution in [0.5, 0.6) is 0 Å². The van der Waals surface area contributed by atoms with Gasteiger partial charge in [0.05, 0.1) is 6.10 Å². The van der Waals surface area contributed by atoms with Crippen molar-refractivity contribution in [3.8, 4) is 0 Å². The van der Waals surface area contributed by atoms with Crippen molar-refractivity contribution in [2.75, 3.05) is 52.4 Å². The summed E-state index contributed by atoms with van der Waals surface area (Å²) in [4.78, 5) is 2.34. The van der Waals surface area contributed by atoms with Crippen molar-refractivity contribution < 1.29 is 13.2 Å². The van der Waals surface area contributed by atoms with Gasteiger partial charge in [-0.25, -0.2) is 0 Å². The maximum atomic E-state index is 12.5. The van der Waals surface area contributed by atoms with E-state index in [2.05, 4.69) is 4.90 Å². The summed E-state index contributed by atoms with van der Waals surface area (Å²) < 4.78 is 33.8. The van der Waals surface area contributed by atoms with E-state index in [4.69, 9.17) is 4.74 Å². The van der Waals surface area contributed by atoms with Crippen LogP contribution in [0.3, 0.4) is 0 Å². The third kappa shape index (κ3) is 4.39. The molecule has 2 heterocycles. The lowest BCUT2D eigenvalue weighted by Gasteiger charge is -2.38. The molecule has 7 heteroatoms. The van der Waals surface area contributed by atoms with Gasteiger partial charge in [0.1, 0.15) is 0 Å². The zero-order valence-corrected chi connectivity index (χ0v) is 14.1. The molecule has 21 heavy (non-hydrogen) atoms. The van der Waals surface area contributed by atoms with E-state index in [1.807, 2.05) is 13.8 Å². The van der Waals surface area contributed by atoms with Crippen molar-refractivity contribution >= 4 is 10.2 Å². The summed E-state index contributed by atoms with van der Waals surface area (Å²) in [5, 5.41) is 0. The number of hydrogen-bond donors (Lipinski definition) is 0. The molecule has 124 valence electrons. The van der Waals surface area contributed by atoms with Crippen molar-refractivity contribution in [2.24, 2.45) is 0 Å². The molecule has 0 saturated carbocycles. The Balaban J connectivity index is 1.82. The highest BCUT2D eigenvalue weighted by atomic mass is 32.2. The van der Waals surface area contributed by atoms with Gasteiger partial charge in [-0.1, -0.05) is 13.8 Å². The highest BCUT2D eigenvalue weighted by Gasteiger charge is 2.31. The molecule has 2 saturated heterocycles. The fraction of sp³-hybridized carbons (Fsp3) is 1.00. The summed E-state index contributed by atoms with van der Waals surface area (Å²) in [6.07, 6.45) is 3.90. The number of rotatable bonds is 6. The molecule has 0 aromatic rings. The van der Waals surface area contributed by atoms with Crippen molar-refractivity contribution in [1.82, 2.24) is 13.5 Å². The van der Waals surface area contributed by atoms with E-state index in [0.717, 1.165) is 32.7 Å². The van der Waals surface area contributed by atoms with Gasteiger partial charge in [-0.15, -0.1) is 0 Å². The molecule has 6 nitrogen and oxygen atoms in total. The molecule has 0 radical (unpaired) electrons. The molecule has 0 aliphatic carbocycles. The van der Waals surface area contributed by atoms with Crippen molar-refractivity contribution in [2.45, 2.75) is 39.2 Å². The van der Waals surface area contributed by atoms with Crippen LogP contribution in [-0.4, -0.2) is 80.5 Å². The Kier molecular flexibility index (Phi) is 6.43. The summed E-state index contributed by atoms with van der Waals surface area (Å²) in [5.41, 5.74) is 0. The normalized spacial score (nSPS) is 26.3. The lowest BCUT2D eigenvalue weighted by atomic mass is 10.1. The Bertz CT molecular complexity index is 398. The van der Waals surface area contributed by atoms with Crippen LogP contribution in [0.1, 0.15) is 33.1 Å². The van der Waals surface area contributed by atoms with Gasteiger partial charge in [0.25, 0.3) is 10.2 Å². The second-order valence-electron chi connectivity index (χ2n) is 5.78. The fourth-order valence-corrected chi connectivity index (χ4v) is 4.70. The quantitative estimate of drug-likeness (QED) is 0.725. The first-order valence-electron chi connectivity index (χ1n) is 8.17. The molecule has 1 atom stereocenters. The summed E-state index contributed by atoms with van der Waals surface area (Å²) in [5.74, 6) is 0. The molecule has 0 aromatic heterocycles. The van der Waals surface area contributed by atoms with Crippen LogP contribution >= 0.6 is 0 Å². The second kappa shape index (κ2) is 7.87. The third-order valence-electron chi connectivity index (χ3n) is 4.43. The molecule has 0 spiro atoms. The minimum Gasteiger partial charge on any atom is -0.377 e. The first-order valence-corrected chi connectivity index (χ1v) is 9.56. The van der Waals surface area contributed by atoms with Crippen LogP contribution in [0.15, 0.2) is 0 Å². The number of hydrogen-bond acceptors (Lipinski definition) is 4. The average molecular weight is 319 g/mol. The van der Waals surface area contributed by atoms with E-state index in [-0.39, 0.29) is 0 Å². The molecule has 1 unspecified atom stereocenters. The fourth-order valence-electron chi connectivity index (χ4n) is 3.10. The van der Waals surface area contributed by atoms with Crippen molar-refractivity contribution in [3.05, 3.63) is 0 Å². The Hall–Kier alpha value is -0.210. The molecule has 2 rings (SSSR count). The van der Waals surface area contributed by atoms with Gasteiger partial charge in [0.15, 0.2) is 0 Å². The second-order valence-corrected chi connectivity index (χ2v) is 7.71. The maximum absolute atomic E-state index is 12.5. The van der Waals surface area contributed by atoms with Crippen LogP contribution in [0.25, 0.3) is 0 Å². The van der Waals surface area contributed by atoms with Crippen LogP contribution in [0.2, 0.25) is 0 Å². The van der Waals surface area contributed by atoms with Crippen LogP contribution in [-0.2, 0) is 14.9 Å². The first-order chi connectivity index (χ1) is 10.1. The van der Waals surface area contributed by atoms with Gasteiger partial charge < -0.3 is 4.74 Å². The van der Waals surface area contributed by atoms with Gasteiger partial charge in [-0.05, 0) is 19.3 Å². The predicted molar refractivity (Wildman–Crippen MR) is 83.4 cm³/mol. The Labute approximate surface area is 129 Å². The van der Waals surface area contributed by atoms with Gasteiger partial charge in [0, 0.05) is 52.4 Å². The Morgan fingerprint density at radius 1 is 1.10 bits per heavy atom. The Morgan fingerprint density at radius 3 is 2.29 bits per heavy atom. The first kappa shape index (κ1) is 17.1. The average Bonchev–Trinajstić information content (AvgIpc) is 2.50. The lowest BCUT2D eigenvalue weighted by molar-refractivity contribution is -0.0104. The van der Waals surface area contributed by atoms with E-state index in [9.17, 15) is 8.42 Å². The summed E-state index contributed by atoms with van der Waals surface area (Å²) >= 11 is 0.